The van der Waals surface area contributed by atoms with Gasteiger partial charge in [0.15, 0.2) is 11.6 Å². The van der Waals surface area contributed by atoms with E-state index >= 15 is 0 Å². The van der Waals surface area contributed by atoms with Crippen molar-refractivity contribution >= 4 is 118 Å². The Balaban J connectivity index is 0.000000117. The molecule has 0 N–H and O–H groups in total. The summed E-state index contributed by atoms with van der Waals surface area (Å²) in [6.07, 6.45) is 1.08. The highest BCUT2D eigenvalue weighted by molar-refractivity contribution is 7.26. The van der Waals surface area contributed by atoms with Gasteiger partial charge in [0.25, 0.3) is 0 Å². The number of aromatic nitrogens is 5. The SMILES string of the molecule is CC1(C)c2cc(-c3ccc4sc5ccccc5c4c3)ccc2-c2c(-n3c4ccccc4c4cc5ccccc5cc43)nc(-c3ccccc3)nc21.CC1(C)c2cc(-c3ccc4sc5ccccc5c4c3)ccc2-c2c(Cl)nc(-c3ccccc3)nc21.c1ccc2c(c1)Cc1cc3ccccc3cc1-2. The van der Waals surface area contributed by atoms with Gasteiger partial charge >= 0.3 is 0 Å². The molecule has 19 aromatic rings. The van der Waals surface area contributed by atoms with Crippen molar-refractivity contribution in [3.8, 4) is 84.2 Å². The summed E-state index contributed by atoms with van der Waals surface area (Å²) >= 11 is 10.5. The highest BCUT2D eigenvalue weighted by Gasteiger charge is 2.42. The molecule has 0 saturated heterocycles. The third-order valence-electron chi connectivity index (χ3n) is 21.8. The summed E-state index contributed by atoms with van der Waals surface area (Å²) in [7, 11) is 0. The quantitative estimate of drug-likeness (QED) is 0.161. The summed E-state index contributed by atoms with van der Waals surface area (Å²) in [4.78, 5) is 20.6. The van der Waals surface area contributed by atoms with Gasteiger partial charge in [-0.3, -0.25) is 4.57 Å². The fourth-order valence-corrected chi connectivity index (χ4v) is 19.0. The van der Waals surface area contributed by atoms with Gasteiger partial charge in [0.1, 0.15) is 11.0 Å². The zero-order chi connectivity index (χ0) is 68.8. The fraction of sp³-hybridized carbons (Fsp3) is 0.0737. The molecule has 0 unspecified atom stereocenters. The van der Waals surface area contributed by atoms with Gasteiger partial charge in [0, 0.05) is 84.2 Å². The van der Waals surface area contributed by atoms with Crippen LogP contribution in [-0.2, 0) is 17.3 Å². The first-order valence-corrected chi connectivity index (χ1v) is 37.2. The maximum Gasteiger partial charge on any atom is 0.161 e. The zero-order valence-corrected chi connectivity index (χ0v) is 59.4. The number of hydrogen-bond acceptors (Lipinski definition) is 6. The predicted octanol–water partition coefficient (Wildman–Crippen LogP) is 26.3. The second-order valence-electron chi connectivity index (χ2n) is 28.5. The van der Waals surface area contributed by atoms with E-state index in [2.05, 4.69) is 304 Å². The number of thiophene rings is 2. The molecule has 0 amide bonds. The van der Waals surface area contributed by atoms with Crippen molar-refractivity contribution in [2.24, 2.45) is 0 Å². The van der Waals surface area contributed by atoms with Crippen molar-refractivity contribution in [1.29, 1.82) is 0 Å². The molecule has 0 atom stereocenters. The van der Waals surface area contributed by atoms with Crippen molar-refractivity contribution in [2.45, 2.75) is 44.9 Å². The van der Waals surface area contributed by atoms with E-state index in [4.69, 9.17) is 26.6 Å². The second-order valence-corrected chi connectivity index (χ2v) is 31.1. The zero-order valence-electron chi connectivity index (χ0n) is 57.0. The highest BCUT2D eigenvalue weighted by atomic mass is 35.5. The molecule has 3 aliphatic carbocycles. The van der Waals surface area contributed by atoms with Crippen LogP contribution in [0.4, 0.5) is 0 Å². The van der Waals surface area contributed by atoms with Crippen molar-refractivity contribution in [2.75, 3.05) is 0 Å². The summed E-state index contributed by atoms with van der Waals surface area (Å²) in [6, 6.07) is 109. The van der Waals surface area contributed by atoms with E-state index in [1.165, 1.54) is 134 Å². The minimum Gasteiger partial charge on any atom is -0.293 e. The van der Waals surface area contributed by atoms with Crippen LogP contribution in [0.2, 0.25) is 5.15 Å². The molecule has 0 radical (unpaired) electrons. The Kier molecular flexibility index (Phi) is 14.1. The lowest BCUT2D eigenvalue weighted by atomic mass is 9.84. The maximum atomic E-state index is 6.79. The summed E-state index contributed by atoms with van der Waals surface area (Å²) in [5.74, 6) is 2.34. The Morgan fingerprint density at radius 1 is 0.311 bits per heavy atom. The third-order valence-corrected chi connectivity index (χ3v) is 24.3. The van der Waals surface area contributed by atoms with E-state index in [-0.39, 0.29) is 10.8 Å². The normalized spacial score (nSPS) is 13.4. The molecule has 5 aromatic heterocycles. The van der Waals surface area contributed by atoms with E-state index < -0.39 is 0 Å². The van der Waals surface area contributed by atoms with E-state index in [0.717, 1.165) is 68.3 Å². The monoisotopic (exact) mass is 1370 g/mol. The summed E-state index contributed by atoms with van der Waals surface area (Å²) in [5.41, 5.74) is 23.2. The Morgan fingerprint density at radius 2 is 0.767 bits per heavy atom. The van der Waals surface area contributed by atoms with Gasteiger partial charge in [-0.05, 0) is 168 Å². The number of fused-ring (bicyclic) bond motifs is 20. The summed E-state index contributed by atoms with van der Waals surface area (Å²) in [5, 5.41) is 13.4. The molecule has 3 aliphatic rings. The standard InChI is InChI=1S/C47H31N3S.C31H21ClN2S.C17H12/c1-47(2)38-26-32(31-21-23-42-37(25-31)34-17-9-11-19-41(34)51-42)20-22-35(38)43-44(47)48-45(28-12-4-3-5-13-28)49-46(43)50-39-18-10-8-16-33(39)36-24-29-14-6-7-15-30(29)27-40(36)50;1-31(2)24-17-20(19-13-15-26-23(16-19)21-10-6-7-11-25(21)35-26)12-14-22(24)27-28(31)33-30(34-29(27)32)18-8-4-3-5-9-18;1-2-6-13-11-17-15(9-12(13)5-1)10-14-7-3-4-8-16(14)17/h3-27H,1-2H3;3-17H,1-2H3;1-9,11H,10H2. The lowest BCUT2D eigenvalue weighted by Gasteiger charge is -2.22. The van der Waals surface area contributed by atoms with Crippen molar-refractivity contribution < 1.29 is 0 Å². The van der Waals surface area contributed by atoms with Crippen molar-refractivity contribution in [3.05, 3.63) is 342 Å². The Bertz CT molecular complexity index is 6740. The molecule has 0 aliphatic heterocycles. The molecule has 0 spiro atoms. The van der Waals surface area contributed by atoms with Crippen LogP contribution in [0.5, 0.6) is 0 Å². The van der Waals surface area contributed by atoms with Crippen LogP contribution in [0, 0.1) is 0 Å². The van der Waals surface area contributed by atoms with Gasteiger partial charge in [-0.15, -0.1) is 22.7 Å². The molecule has 0 bridgehead atoms. The fourth-order valence-electron chi connectivity index (χ4n) is 16.6. The minimum absolute atomic E-state index is 0.282. The number of nitrogens with zero attached hydrogens (tertiary/aromatic N) is 5. The number of hydrogen-bond donors (Lipinski definition) is 0. The van der Waals surface area contributed by atoms with E-state index in [1.54, 1.807) is 0 Å². The lowest BCUT2D eigenvalue weighted by Crippen LogP contribution is -2.18. The first-order chi connectivity index (χ1) is 50.4. The van der Waals surface area contributed by atoms with Crippen LogP contribution in [0.15, 0.2) is 303 Å². The van der Waals surface area contributed by atoms with Crippen molar-refractivity contribution in [1.82, 2.24) is 24.5 Å². The average Bonchev–Trinajstić information content (AvgIpc) is 1.55. The molecule has 103 heavy (non-hydrogen) atoms. The molecule has 14 aromatic carbocycles. The molecule has 5 heterocycles. The molecule has 22 rings (SSSR count). The van der Waals surface area contributed by atoms with Gasteiger partial charge in [-0.1, -0.05) is 270 Å². The minimum atomic E-state index is -0.355. The molecule has 0 saturated carbocycles. The van der Waals surface area contributed by atoms with Crippen LogP contribution in [0.3, 0.4) is 0 Å². The van der Waals surface area contributed by atoms with E-state index in [0.29, 0.717) is 11.0 Å². The number of rotatable bonds is 5. The predicted molar refractivity (Wildman–Crippen MR) is 436 cm³/mol. The molecular weight excluding hydrogens is 1310 g/mol. The number of halogens is 1. The van der Waals surface area contributed by atoms with Gasteiger partial charge in [0.2, 0.25) is 0 Å². The second kappa shape index (κ2) is 23.7. The van der Waals surface area contributed by atoms with Crippen LogP contribution in [0.25, 0.3) is 168 Å². The molecule has 0 fully saturated rings. The molecule has 8 heteroatoms. The summed E-state index contributed by atoms with van der Waals surface area (Å²) < 4.78 is 7.68. The van der Waals surface area contributed by atoms with Gasteiger partial charge in [-0.2, -0.15) is 0 Å². The molecule has 5 nitrogen and oxygen atoms in total. The molecular formula is C95H64ClN5S2. The summed E-state index contributed by atoms with van der Waals surface area (Å²) in [6.45, 7) is 9.11. The van der Waals surface area contributed by atoms with E-state index in [9.17, 15) is 0 Å². The third kappa shape index (κ3) is 9.93. The smallest absolute Gasteiger partial charge is 0.161 e. The lowest BCUT2D eigenvalue weighted by molar-refractivity contribution is 0.635. The van der Waals surface area contributed by atoms with Crippen LogP contribution in [-0.4, -0.2) is 24.5 Å². The average molecular weight is 1380 g/mol. The Labute approximate surface area is 609 Å². The largest absolute Gasteiger partial charge is 0.293 e. The maximum absolute atomic E-state index is 6.79. The Hall–Kier alpha value is -11.7. The van der Waals surface area contributed by atoms with Gasteiger partial charge < -0.3 is 0 Å². The highest BCUT2D eigenvalue weighted by Crippen LogP contribution is 2.55. The van der Waals surface area contributed by atoms with Crippen LogP contribution in [0.1, 0.15) is 61.3 Å². The van der Waals surface area contributed by atoms with Crippen molar-refractivity contribution in [3.63, 3.8) is 0 Å². The molecule has 488 valence electrons. The first-order valence-electron chi connectivity index (χ1n) is 35.2. The van der Waals surface area contributed by atoms with Gasteiger partial charge in [0.05, 0.1) is 22.4 Å². The van der Waals surface area contributed by atoms with Crippen LogP contribution < -0.4 is 0 Å². The van der Waals surface area contributed by atoms with Gasteiger partial charge in [-0.25, -0.2) is 19.9 Å². The number of benzene rings is 14. The topological polar surface area (TPSA) is 56.5 Å². The first kappa shape index (κ1) is 61.2. The van der Waals surface area contributed by atoms with Crippen LogP contribution >= 0.6 is 34.3 Å². The van der Waals surface area contributed by atoms with E-state index in [1.807, 2.05) is 59.1 Å². The Morgan fingerprint density at radius 3 is 1.38 bits per heavy atom. The number of para-hydroxylation sites is 1.